The van der Waals surface area contributed by atoms with Crippen LogP contribution in [0.15, 0.2) is 146 Å². The number of anilines is 1. The van der Waals surface area contributed by atoms with Crippen LogP contribution in [0, 0.1) is 11.8 Å². The first kappa shape index (κ1) is 30.2. The number of hydrogen-bond acceptors (Lipinski definition) is 4. The van der Waals surface area contributed by atoms with Gasteiger partial charge in [0, 0.05) is 44.9 Å². The third-order valence-corrected chi connectivity index (χ3v) is 12.7. The minimum absolute atomic E-state index is 0.580. The van der Waals surface area contributed by atoms with Gasteiger partial charge in [-0.15, -0.1) is 0 Å². The number of piperidine rings is 2. The Morgan fingerprint density at radius 1 is 0.407 bits per heavy atom. The van der Waals surface area contributed by atoms with Crippen LogP contribution in [-0.4, -0.2) is 36.2 Å². The second-order valence-electron chi connectivity index (χ2n) is 15.7. The number of hydrogen-bond donors (Lipinski definition) is 0. The van der Waals surface area contributed by atoms with Crippen LogP contribution in [0.1, 0.15) is 32.1 Å². The average molecular weight is 699 g/mol. The van der Waals surface area contributed by atoms with E-state index in [4.69, 9.17) is 15.0 Å². The molecule has 13 rings (SSSR count). The third kappa shape index (κ3) is 4.49. The quantitative estimate of drug-likeness (QED) is 0.180. The van der Waals surface area contributed by atoms with Crippen molar-refractivity contribution in [3.8, 4) is 34.4 Å². The molecule has 0 amide bonds. The Kier molecular flexibility index (Phi) is 6.50. The van der Waals surface area contributed by atoms with Gasteiger partial charge in [-0.05, 0) is 97.5 Å². The maximum atomic E-state index is 5.47. The zero-order chi connectivity index (χ0) is 35.3. The van der Waals surface area contributed by atoms with Gasteiger partial charge in [0.2, 0.25) is 11.9 Å². The van der Waals surface area contributed by atoms with E-state index < -0.39 is 0 Å². The summed E-state index contributed by atoms with van der Waals surface area (Å²) in [6, 6.07) is 53.2. The molecule has 0 N–H and O–H groups in total. The zero-order valence-electron chi connectivity index (χ0n) is 29.9. The summed E-state index contributed by atoms with van der Waals surface area (Å²) in [6.45, 7) is 0. The van der Waals surface area contributed by atoms with Crippen molar-refractivity contribution in [1.82, 2.24) is 24.1 Å². The predicted molar refractivity (Wildman–Crippen MR) is 219 cm³/mol. The molecule has 4 aliphatic rings. The molecule has 54 heavy (non-hydrogen) atoms. The molecule has 2 saturated heterocycles. The van der Waals surface area contributed by atoms with Gasteiger partial charge in [0.15, 0.2) is 5.82 Å². The van der Waals surface area contributed by atoms with E-state index >= 15 is 0 Å². The minimum atomic E-state index is 0.580. The summed E-state index contributed by atoms with van der Waals surface area (Å²) in [6.07, 6.45) is 6.60. The molecule has 9 aromatic rings. The van der Waals surface area contributed by atoms with E-state index in [1.807, 2.05) is 0 Å². The molecular weight excluding hydrogens is 661 g/mol. The van der Waals surface area contributed by atoms with Gasteiger partial charge in [-0.25, -0.2) is 0 Å². The molecule has 6 nitrogen and oxygen atoms in total. The highest BCUT2D eigenvalue weighted by atomic mass is 15.3. The summed E-state index contributed by atoms with van der Waals surface area (Å²) in [5.41, 5.74) is 9.01. The molecule has 6 aromatic carbocycles. The number of aromatic nitrogens is 5. The zero-order valence-corrected chi connectivity index (χ0v) is 29.9. The lowest BCUT2D eigenvalue weighted by Gasteiger charge is -2.57. The highest BCUT2D eigenvalue weighted by Gasteiger charge is 2.47. The SMILES string of the molecule is c1ccc(-c2ccc3c(c2)c2ccccc2n3-c2nc(-c3ccccc3N3C4CC5CC(C4)CC3C5)nc(-n3c4ccccc4c4ccccc43)n2)cc1. The monoisotopic (exact) mass is 698 g/mol. The van der Waals surface area contributed by atoms with Crippen LogP contribution in [0.25, 0.3) is 78.0 Å². The van der Waals surface area contributed by atoms with Crippen molar-refractivity contribution in [3.63, 3.8) is 0 Å². The summed E-state index contributed by atoms with van der Waals surface area (Å²) in [4.78, 5) is 19.1. The molecule has 0 spiro atoms. The third-order valence-electron chi connectivity index (χ3n) is 12.7. The summed E-state index contributed by atoms with van der Waals surface area (Å²) in [5, 5.41) is 4.71. The highest BCUT2D eigenvalue weighted by Crippen LogP contribution is 2.52. The molecule has 0 atom stereocenters. The average Bonchev–Trinajstić information content (AvgIpc) is 3.74. The number of benzene rings is 6. The maximum absolute atomic E-state index is 5.47. The molecule has 4 fully saturated rings. The summed E-state index contributed by atoms with van der Waals surface area (Å²) in [5.74, 6) is 3.69. The smallest absolute Gasteiger partial charge is 0.240 e. The number of para-hydroxylation sites is 4. The predicted octanol–water partition coefficient (Wildman–Crippen LogP) is 11.2. The Morgan fingerprint density at radius 2 is 0.907 bits per heavy atom. The lowest BCUT2D eigenvalue weighted by Crippen LogP contribution is -2.58. The summed E-state index contributed by atoms with van der Waals surface area (Å²) < 4.78 is 4.47. The molecule has 260 valence electrons. The van der Waals surface area contributed by atoms with E-state index in [0.717, 1.165) is 39.5 Å². The van der Waals surface area contributed by atoms with Crippen molar-refractivity contribution in [1.29, 1.82) is 0 Å². The van der Waals surface area contributed by atoms with Crippen LogP contribution in [0.4, 0.5) is 5.69 Å². The largest absolute Gasteiger partial charge is 0.365 e. The molecule has 2 aliphatic carbocycles. The maximum Gasteiger partial charge on any atom is 0.240 e. The standard InChI is InChI=1S/C48H38N6/c1-2-12-32(13-3-1)33-22-23-45-40(29-33)38-16-6-10-20-43(38)54(45)48-50-46(39-17-7-11-21-44(39)52-34-25-30-24-31(27-34)28-35(52)26-30)49-47(51-48)53-41-18-8-4-14-36(41)37-15-5-9-19-42(37)53/h1-23,29-31,34-35H,24-28H2. The van der Waals surface area contributed by atoms with Gasteiger partial charge in [-0.2, -0.15) is 15.0 Å². The molecule has 6 heteroatoms. The fraction of sp³-hybridized carbons (Fsp3) is 0.188. The molecule has 3 aromatic heterocycles. The van der Waals surface area contributed by atoms with Crippen LogP contribution in [0.2, 0.25) is 0 Å². The van der Waals surface area contributed by atoms with Gasteiger partial charge in [-0.1, -0.05) is 103 Å². The first-order chi connectivity index (χ1) is 26.7. The number of fused-ring (bicyclic) bond motifs is 6. The number of rotatable bonds is 5. The van der Waals surface area contributed by atoms with Crippen molar-refractivity contribution < 1.29 is 0 Å². The van der Waals surface area contributed by atoms with Crippen LogP contribution < -0.4 is 4.90 Å². The molecule has 0 unspecified atom stereocenters. The normalized spacial score (nSPS) is 20.6. The number of nitrogens with zero attached hydrogens (tertiary/aromatic N) is 6. The fourth-order valence-electron chi connectivity index (χ4n) is 10.6. The van der Waals surface area contributed by atoms with Gasteiger partial charge in [0.1, 0.15) is 0 Å². The highest BCUT2D eigenvalue weighted by molar-refractivity contribution is 6.11. The lowest BCUT2D eigenvalue weighted by molar-refractivity contribution is 0.0901. The Bertz CT molecular complexity index is 2840. The molecular formula is C48H38N6. The van der Waals surface area contributed by atoms with E-state index in [9.17, 15) is 0 Å². The Morgan fingerprint density at radius 3 is 1.52 bits per heavy atom. The Balaban J connectivity index is 1.13. The van der Waals surface area contributed by atoms with Crippen molar-refractivity contribution >= 4 is 49.3 Å². The lowest BCUT2D eigenvalue weighted by atomic mass is 9.63. The van der Waals surface area contributed by atoms with Crippen molar-refractivity contribution in [2.24, 2.45) is 11.8 Å². The van der Waals surface area contributed by atoms with Gasteiger partial charge in [-0.3, -0.25) is 9.13 Å². The van der Waals surface area contributed by atoms with Crippen LogP contribution in [-0.2, 0) is 0 Å². The first-order valence-corrected chi connectivity index (χ1v) is 19.5. The van der Waals surface area contributed by atoms with Crippen LogP contribution in [0.3, 0.4) is 0 Å². The van der Waals surface area contributed by atoms with Gasteiger partial charge < -0.3 is 4.90 Å². The summed E-state index contributed by atoms with van der Waals surface area (Å²) >= 11 is 0. The first-order valence-electron chi connectivity index (χ1n) is 19.5. The van der Waals surface area contributed by atoms with E-state index in [1.54, 1.807) is 0 Å². The molecule has 5 heterocycles. The van der Waals surface area contributed by atoms with Crippen molar-refractivity contribution in [2.75, 3.05) is 4.90 Å². The van der Waals surface area contributed by atoms with Crippen molar-refractivity contribution in [2.45, 2.75) is 44.2 Å². The van der Waals surface area contributed by atoms with Crippen molar-refractivity contribution in [3.05, 3.63) is 146 Å². The van der Waals surface area contributed by atoms with Gasteiger partial charge in [0.25, 0.3) is 0 Å². The van der Waals surface area contributed by atoms with Crippen LogP contribution >= 0.6 is 0 Å². The van der Waals surface area contributed by atoms with E-state index in [2.05, 4.69) is 160 Å². The van der Waals surface area contributed by atoms with E-state index in [-0.39, 0.29) is 0 Å². The molecule has 4 bridgehead atoms. The Labute approximate surface area is 313 Å². The molecule has 0 radical (unpaired) electrons. The second kappa shape index (κ2) is 11.6. The molecule has 2 saturated carbocycles. The van der Waals surface area contributed by atoms with E-state index in [1.165, 1.54) is 70.5 Å². The second-order valence-corrected chi connectivity index (χ2v) is 15.7. The van der Waals surface area contributed by atoms with Gasteiger partial charge in [0.05, 0.1) is 22.1 Å². The fourth-order valence-corrected chi connectivity index (χ4v) is 10.6. The van der Waals surface area contributed by atoms with Gasteiger partial charge >= 0.3 is 0 Å². The van der Waals surface area contributed by atoms with E-state index in [0.29, 0.717) is 29.8 Å². The Hall–Kier alpha value is -6.27. The summed E-state index contributed by atoms with van der Waals surface area (Å²) in [7, 11) is 0. The topological polar surface area (TPSA) is 51.8 Å². The van der Waals surface area contributed by atoms with Crippen LogP contribution in [0.5, 0.6) is 0 Å². The minimum Gasteiger partial charge on any atom is -0.365 e. The molecule has 2 aliphatic heterocycles.